The Labute approximate surface area is 138 Å². The average molecular weight is 348 g/mol. The second-order valence-corrected chi connectivity index (χ2v) is 7.75. The van der Waals surface area contributed by atoms with Gasteiger partial charge in [0.05, 0.1) is 0 Å². The molecule has 1 aromatic rings. The van der Waals surface area contributed by atoms with Crippen molar-refractivity contribution in [1.82, 2.24) is 0 Å². The van der Waals surface area contributed by atoms with Gasteiger partial charge in [0.15, 0.2) is 17.5 Å². The van der Waals surface area contributed by atoms with Crippen molar-refractivity contribution in [1.29, 1.82) is 0 Å². The molecule has 0 aromatic heterocycles. The number of hydrogen-bond acceptors (Lipinski definition) is 2. The molecule has 0 aliphatic rings. The highest BCUT2D eigenvalue weighted by Gasteiger charge is 2.13. The van der Waals surface area contributed by atoms with E-state index in [1.165, 1.54) is 0 Å². The van der Waals surface area contributed by atoms with E-state index in [1.54, 1.807) is 0 Å². The number of halogens is 3. The minimum Gasteiger partial charge on any atom is -0.397 e. The van der Waals surface area contributed by atoms with Crippen LogP contribution in [0.3, 0.4) is 0 Å². The van der Waals surface area contributed by atoms with E-state index in [-0.39, 0.29) is 0 Å². The summed E-state index contributed by atoms with van der Waals surface area (Å²) in [6.45, 7) is 5.64. The summed E-state index contributed by atoms with van der Waals surface area (Å²) in [5, 5.41) is 0. The molecule has 1 rings (SSSR count). The average Bonchev–Trinajstić information content (AvgIpc) is 2.54. The van der Waals surface area contributed by atoms with Crippen LogP contribution in [0.4, 0.5) is 13.2 Å². The molecule has 0 atom stereocenters. The van der Waals surface area contributed by atoms with Crippen LogP contribution in [0.5, 0.6) is 0 Å². The van der Waals surface area contributed by atoms with Gasteiger partial charge in [0, 0.05) is 13.2 Å². The van der Waals surface area contributed by atoms with Gasteiger partial charge in [-0.05, 0) is 49.4 Å². The lowest BCUT2D eigenvalue weighted by atomic mass is 10.1. The van der Waals surface area contributed by atoms with Crippen LogP contribution in [0.15, 0.2) is 12.1 Å². The van der Waals surface area contributed by atoms with Crippen molar-refractivity contribution >= 4 is 9.28 Å². The minimum absolute atomic E-state index is 0.500. The van der Waals surface area contributed by atoms with E-state index in [0.717, 1.165) is 63.5 Å². The minimum atomic E-state index is -1.58. The Morgan fingerprint density at radius 1 is 0.870 bits per heavy atom. The second kappa shape index (κ2) is 11.6. The van der Waals surface area contributed by atoms with Crippen molar-refractivity contribution in [2.24, 2.45) is 0 Å². The SMILES string of the molecule is CCCO[SiH](CCCCCc1cc(F)c(F)c(F)c1)OCCC. The molecule has 0 aliphatic heterocycles. The molecule has 0 radical (unpaired) electrons. The normalized spacial score (nSPS) is 11.4. The maximum atomic E-state index is 13.1. The van der Waals surface area contributed by atoms with Gasteiger partial charge in [-0.15, -0.1) is 0 Å². The van der Waals surface area contributed by atoms with Gasteiger partial charge in [-0.1, -0.05) is 26.7 Å². The summed E-state index contributed by atoms with van der Waals surface area (Å²) in [5.74, 6) is -3.63. The standard InChI is InChI=1S/C17H27F3O2Si/c1-3-9-21-23(22-10-4-2)11-7-5-6-8-14-12-15(18)17(20)16(19)13-14/h12-13,23H,3-11H2,1-2H3. The van der Waals surface area contributed by atoms with Crippen LogP contribution in [-0.4, -0.2) is 22.5 Å². The van der Waals surface area contributed by atoms with Crippen LogP contribution in [0.1, 0.15) is 51.5 Å². The van der Waals surface area contributed by atoms with E-state index < -0.39 is 26.7 Å². The molecular weight excluding hydrogens is 321 g/mol. The third-order valence-corrected chi connectivity index (χ3v) is 5.56. The van der Waals surface area contributed by atoms with E-state index in [1.807, 2.05) is 0 Å². The van der Waals surface area contributed by atoms with Crippen LogP contribution < -0.4 is 0 Å². The van der Waals surface area contributed by atoms with E-state index in [2.05, 4.69) is 13.8 Å². The smallest absolute Gasteiger partial charge is 0.321 e. The lowest BCUT2D eigenvalue weighted by Crippen LogP contribution is -2.23. The molecule has 0 amide bonds. The molecular formula is C17H27F3O2Si. The summed E-state index contributed by atoms with van der Waals surface area (Å²) in [4.78, 5) is 0. The molecule has 0 saturated carbocycles. The Kier molecular flexibility index (Phi) is 10.2. The molecule has 0 fully saturated rings. The van der Waals surface area contributed by atoms with Gasteiger partial charge in [-0.3, -0.25) is 0 Å². The number of unbranched alkanes of at least 4 members (excludes halogenated alkanes) is 2. The van der Waals surface area contributed by atoms with Gasteiger partial charge in [0.2, 0.25) is 0 Å². The largest absolute Gasteiger partial charge is 0.397 e. The second-order valence-electron chi connectivity index (χ2n) is 5.64. The van der Waals surface area contributed by atoms with Crippen molar-refractivity contribution in [2.75, 3.05) is 13.2 Å². The fourth-order valence-corrected chi connectivity index (χ4v) is 4.33. The molecule has 0 aliphatic carbocycles. The predicted octanol–water partition coefficient (Wildman–Crippen LogP) is 4.89. The first-order chi connectivity index (χ1) is 11.1. The van der Waals surface area contributed by atoms with Crippen molar-refractivity contribution in [3.8, 4) is 0 Å². The summed E-state index contributed by atoms with van der Waals surface area (Å²) >= 11 is 0. The van der Waals surface area contributed by atoms with Crippen LogP contribution in [0.25, 0.3) is 0 Å². The maximum absolute atomic E-state index is 13.1. The fourth-order valence-electron chi connectivity index (χ4n) is 2.28. The molecule has 2 nitrogen and oxygen atoms in total. The highest BCUT2D eigenvalue weighted by atomic mass is 28.3. The molecule has 1 aromatic carbocycles. The van der Waals surface area contributed by atoms with Crippen molar-refractivity contribution < 1.29 is 22.0 Å². The highest BCUT2D eigenvalue weighted by Crippen LogP contribution is 2.16. The lowest BCUT2D eigenvalue weighted by molar-refractivity contribution is 0.195. The number of aryl methyl sites for hydroxylation is 1. The number of benzene rings is 1. The Bertz CT molecular complexity index is 426. The molecule has 0 N–H and O–H groups in total. The zero-order valence-corrected chi connectivity index (χ0v) is 15.2. The van der Waals surface area contributed by atoms with E-state index in [0.29, 0.717) is 12.0 Å². The van der Waals surface area contributed by atoms with Gasteiger partial charge in [0.25, 0.3) is 0 Å². The van der Waals surface area contributed by atoms with Gasteiger partial charge < -0.3 is 8.85 Å². The molecule has 23 heavy (non-hydrogen) atoms. The first kappa shape index (κ1) is 20.2. The van der Waals surface area contributed by atoms with Crippen molar-refractivity contribution in [3.05, 3.63) is 35.1 Å². The Morgan fingerprint density at radius 2 is 1.43 bits per heavy atom. The molecule has 0 spiro atoms. The first-order valence-electron chi connectivity index (χ1n) is 8.45. The Hall–Kier alpha value is -0.853. The Morgan fingerprint density at radius 3 is 1.96 bits per heavy atom. The molecule has 0 bridgehead atoms. The molecule has 0 heterocycles. The quantitative estimate of drug-likeness (QED) is 0.304. The van der Waals surface area contributed by atoms with Crippen molar-refractivity contribution in [2.45, 2.75) is 58.4 Å². The third-order valence-electron chi connectivity index (χ3n) is 3.46. The van der Waals surface area contributed by atoms with Gasteiger partial charge in [-0.25, -0.2) is 13.2 Å². The first-order valence-corrected chi connectivity index (χ1v) is 10.2. The van der Waals surface area contributed by atoms with Gasteiger partial charge in [0.1, 0.15) is 0 Å². The summed E-state index contributed by atoms with van der Waals surface area (Å²) in [6, 6.07) is 3.10. The number of rotatable bonds is 12. The van der Waals surface area contributed by atoms with Gasteiger partial charge in [-0.2, -0.15) is 0 Å². The number of hydrogen-bond donors (Lipinski definition) is 0. The Balaban J connectivity index is 2.27. The molecule has 0 saturated heterocycles. The van der Waals surface area contributed by atoms with Crippen LogP contribution >= 0.6 is 0 Å². The molecule has 6 heteroatoms. The summed E-state index contributed by atoms with van der Waals surface area (Å²) < 4.78 is 50.7. The summed E-state index contributed by atoms with van der Waals surface area (Å²) in [7, 11) is -1.58. The molecule has 0 unspecified atom stereocenters. The van der Waals surface area contributed by atoms with E-state index in [4.69, 9.17) is 8.85 Å². The fraction of sp³-hybridized carbons (Fsp3) is 0.647. The van der Waals surface area contributed by atoms with E-state index >= 15 is 0 Å². The monoisotopic (exact) mass is 348 g/mol. The highest BCUT2D eigenvalue weighted by molar-refractivity contribution is 6.44. The van der Waals surface area contributed by atoms with Crippen LogP contribution in [0, 0.1) is 17.5 Å². The summed E-state index contributed by atoms with van der Waals surface area (Å²) in [5.41, 5.74) is 0.500. The van der Waals surface area contributed by atoms with E-state index in [9.17, 15) is 13.2 Å². The third kappa shape index (κ3) is 7.99. The van der Waals surface area contributed by atoms with Gasteiger partial charge >= 0.3 is 9.28 Å². The van der Waals surface area contributed by atoms with Crippen LogP contribution in [-0.2, 0) is 15.3 Å². The predicted molar refractivity (Wildman–Crippen MR) is 88.3 cm³/mol. The maximum Gasteiger partial charge on any atom is 0.321 e. The van der Waals surface area contributed by atoms with Crippen LogP contribution in [0.2, 0.25) is 6.04 Å². The lowest BCUT2D eigenvalue weighted by Gasteiger charge is -2.16. The molecule has 132 valence electrons. The topological polar surface area (TPSA) is 18.5 Å². The summed E-state index contributed by atoms with van der Waals surface area (Å²) in [6.07, 6.45) is 5.26. The zero-order valence-electron chi connectivity index (χ0n) is 14.0. The van der Waals surface area contributed by atoms with Crippen molar-refractivity contribution in [3.63, 3.8) is 0 Å². The zero-order chi connectivity index (χ0) is 17.1.